The normalized spacial score (nSPS) is 10.6. The number of carbonyl (C=O) groups excluding carboxylic acids is 2. The summed E-state index contributed by atoms with van der Waals surface area (Å²) in [5.74, 6) is 1.01. The van der Waals surface area contributed by atoms with Gasteiger partial charge in [0.15, 0.2) is 0 Å². The van der Waals surface area contributed by atoms with Crippen molar-refractivity contribution in [1.82, 2.24) is 5.43 Å². The number of halogens is 1. The van der Waals surface area contributed by atoms with E-state index in [4.69, 9.17) is 4.74 Å². The Labute approximate surface area is 159 Å². The molecule has 0 unspecified atom stereocenters. The minimum atomic E-state index is -0.367. The summed E-state index contributed by atoms with van der Waals surface area (Å²) < 4.78 is 5.98. The number of hydrazone groups is 1. The highest BCUT2D eigenvalue weighted by Gasteiger charge is 2.03. The van der Waals surface area contributed by atoms with Crippen LogP contribution in [0.2, 0.25) is 0 Å². The third-order valence-corrected chi connectivity index (χ3v) is 4.75. The van der Waals surface area contributed by atoms with Gasteiger partial charge in [0, 0.05) is 17.1 Å². The number of amides is 1. The lowest BCUT2D eigenvalue weighted by atomic mass is 10.2. The summed E-state index contributed by atoms with van der Waals surface area (Å²) in [6.45, 7) is 1.35. The first kappa shape index (κ1) is 19.2. The van der Waals surface area contributed by atoms with Gasteiger partial charge in [-0.2, -0.15) is 5.10 Å². The molecule has 0 aromatic heterocycles. The smallest absolute Gasteiger partial charge is 0.308 e. The number of nitrogens with one attached hydrogen (secondary N) is 1. The molecule has 0 radical (unpaired) electrons. The number of hydrogen-bond donors (Lipinski definition) is 1. The second kappa shape index (κ2) is 10.0. The molecule has 0 fully saturated rings. The van der Waals surface area contributed by atoms with E-state index in [2.05, 4.69) is 26.5 Å². The van der Waals surface area contributed by atoms with Gasteiger partial charge in [-0.3, -0.25) is 9.59 Å². The van der Waals surface area contributed by atoms with Gasteiger partial charge in [0.2, 0.25) is 5.91 Å². The van der Waals surface area contributed by atoms with Gasteiger partial charge in [-0.05, 0) is 41.5 Å². The van der Waals surface area contributed by atoms with E-state index < -0.39 is 0 Å². The van der Waals surface area contributed by atoms with Crippen molar-refractivity contribution in [2.45, 2.75) is 12.7 Å². The van der Waals surface area contributed by atoms with Crippen molar-refractivity contribution < 1.29 is 14.3 Å². The first-order chi connectivity index (χ1) is 12.0. The molecule has 5 nitrogen and oxygen atoms in total. The Hall–Kier alpha value is -2.12. The molecule has 0 atom stereocenters. The number of rotatable bonds is 7. The maximum atomic E-state index is 11.8. The van der Waals surface area contributed by atoms with Crippen molar-refractivity contribution >= 4 is 45.8 Å². The van der Waals surface area contributed by atoms with E-state index in [0.29, 0.717) is 11.5 Å². The number of hydrogen-bond acceptors (Lipinski definition) is 5. The third kappa shape index (κ3) is 7.11. The first-order valence-electron chi connectivity index (χ1n) is 7.46. The Morgan fingerprint density at radius 3 is 2.60 bits per heavy atom. The van der Waals surface area contributed by atoms with Gasteiger partial charge in [0.05, 0.1) is 12.0 Å². The Morgan fingerprint density at radius 1 is 1.20 bits per heavy atom. The van der Waals surface area contributed by atoms with Gasteiger partial charge < -0.3 is 4.74 Å². The highest BCUT2D eigenvalue weighted by Crippen LogP contribution is 2.21. The lowest BCUT2D eigenvalue weighted by molar-refractivity contribution is -0.131. The molecule has 0 spiro atoms. The van der Waals surface area contributed by atoms with Crippen LogP contribution in [0.4, 0.5) is 0 Å². The van der Waals surface area contributed by atoms with E-state index in [1.807, 2.05) is 24.3 Å². The summed E-state index contributed by atoms with van der Waals surface area (Å²) in [7, 11) is 0. The zero-order chi connectivity index (χ0) is 18.1. The minimum Gasteiger partial charge on any atom is -0.427 e. The fraction of sp³-hybridized carbons (Fsp3) is 0.167. The average Bonchev–Trinajstić information content (AvgIpc) is 2.58. The topological polar surface area (TPSA) is 67.8 Å². The molecule has 0 aliphatic heterocycles. The van der Waals surface area contributed by atoms with Crippen molar-refractivity contribution in [3.63, 3.8) is 0 Å². The molecule has 0 heterocycles. The summed E-state index contributed by atoms with van der Waals surface area (Å²) in [5.41, 5.74) is 4.43. The van der Waals surface area contributed by atoms with E-state index >= 15 is 0 Å². The lowest BCUT2D eigenvalue weighted by Crippen LogP contribution is -2.19. The molecule has 25 heavy (non-hydrogen) atoms. The SMILES string of the molecule is CC(=O)Oc1ccc(C=NNC(=O)CSCc2ccccc2Br)cc1. The summed E-state index contributed by atoms with van der Waals surface area (Å²) in [6.07, 6.45) is 1.54. The van der Waals surface area contributed by atoms with Crippen molar-refractivity contribution in [3.05, 3.63) is 64.1 Å². The van der Waals surface area contributed by atoms with Crippen LogP contribution in [-0.4, -0.2) is 23.8 Å². The number of ether oxygens (including phenoxy) is 1. The van der Waals surface area contributed by atoms with E-state index in [-0.39, 0.29) is 11.9 Å². The van der Waals surface area contributed by atoms with Crippen LogP contribution in [-0.2, 0) is 15.3 Å². The first-order valence-corrected chi connectivity index (χ1v) is 9.41. The van der Waals surface area contributed by atoms with Crippen LogP contribution < -0.4 is 10.2 Å². The van der Waals surface area contributed by atoms with Crippen LogP contribution in [0, 0.1) is 0 Å². The monoisotopic (exact) mass is 420 g/mol. The number of carbonyl (C=O) groups is 2. The predicted octanol–water partition coefficient (Wildman–Crippen LogP) is 3.76. The van der Waals surface area contributed by atoms with Crippen molar-refractivity contribution in [2.75, 3.05) is 5.75 Å². The van der Waals surface area contributed by atoms with Gasteiger partial charge in [0.25, 0.3) is 0 Å². The third-order valence-electron chi connectivity index (χ3n) is 2.99. The zero-order valence-corrected chi connectivity index (χ0v) is 16.0. The van der Waals surface area contributed by atoms with E-state index in [1.54, 1.807) is 24.3 Å². The predicted molar refractivity (Wildman–Crippen MR) is 104 cm³/mol. The molecule has 2 aromatic rings. The molecule has 7 heteroatoms. The van der Waals surface area contributed by atoms with E-state index in [0.717, 1.165) is 21.4 Å². The average molecular weight is 421 g/mol. The van der Waals surface area contributed by atoms with Gasteiger partial charge in [-0.1, -0.05) is 34.1 Å². The highest BCUT2D eigenvalue weighted by atomic mass is 79.9. The van der Waals surface area contributed by atoms with Gasteiger partial charge in [0.1, 0.15) is 5.75 Å². The molecular formula is C18H17BrN2O3S. The molecular weight excluding hydrogens is 404 g/mol. The standard InChI is InChI=1S/C18H17BrN2O3S/c1-13(22)24-16-8-6-14(7-9-16)10-20-21-18(23)12-25-11-15-4-2-3-5-17(15)19/h2-10H,11-12H2,1H3,(H,21,23). The highest BCUT2D eigenvalue weighted by molar-refractivity contribution is 9.10. The Balaban J connectivity index is 1.73. The van der Waals surface area contributed by atoms with Crippen LogP contribution in [0.15, 0.2) is 58.1 Å². The summed E-state index contributed by atoms with van der Waals surface area (Å²) in [4.78, 5) is 22.6. The summed E-state index contributed by atoms with van der Waals surface area (Å²) >= 11 is 5.00. The van der Waals surface area contributed by atoms with Crippen LogP contribution in [0.1, 0.15) is 18.1 Å². The summed E-state index contributed by atoms with van der Waals surface area (Å²) in [5, 5.41) is 3.92. The van der Waals surface area contributed by atoms with Crippen LogP contribution in [0.25, 0.3) is 0 Å². The molecule has 1 N–H and O–H groups in total. The quantitative estimate of drug-likeness (QED) is 0.320. The van der Waals surface area contributed by atoms with Gasteiger partial charge in [-0.25, -0.2) is 5.43 Å². The number of nitrogens with zero attached hydrogens (tertiary/aromatic N) is 1. The summed E-state index contributed by atoms with van der Waals surface area (Å²) in [6, 6.07) is 14.7. The largest absolute Gasteiger partial charge is 0.427 e. The van der Waals surface area contributed by atoms with Gasteiger partial charge >= 0.3 is 5.97 Å². The molecule has 130 valence electrons. The van der Waals surface area contributed by atoms with E-state index in [1.165, 1.54) is 24.9 Å². The molecule has 0 saturated heterocycles. The van der Waals surface area contributed by atoms with Crippen LogP contribution in [0.3, 0.4) is 0 Å². The maximum absolute atomic E-state index is 11.8. The number of benzene rings is 2. The Morgan fingerprint density at radius 2 is 1.92 bits per heavy atom. The maximum Gasteiger partial charge on any atom is 0.308 e. The van der Waals surface area contributed by atoms with E-state index in [9.17, 15) is 9.59 Å². The molecule has 2 aromatic carbocycles. The van der Waals surface area contributed by atoms with Gasteiger partial charge in [-0.15, -0.1) is 11.8 Å². The molecule has 1 amide bonds. The molecule has 0 bridgehead atoms. The van der Waals surface area contributed by atoms with Crippen molar-refractivity contribution in [3.8, 4) is 5.75 Å². The lowest BCUT2D eigenvalue weighted by Gasteiger charge is -2.03. The molecule has 0 aliphatic carbocycles. The minimum absolute atomic E-state index is 0.162. The Kier molecular flexibility index (Phi) is 7.69. The molecule has 0 saturated carbocycles. The van der Waals surface area contributed by atoms with Crippen molar-refractivity contribution in [2.24, 2.45) is 5.10 Å². The van der Waals surface area contributed by atoms with Crippen LogP contribution >= 0.6 is 27.7 Å². The fourth-order valence-corrected chi connectivity index (χ4v) is 3.30. The van der Waals surface area contributed by atoms with Crippen LogP contribution in [0.5, 0.6) is 5.75 Å². The molecule has 2 rings (SSSR count). The fourth-order valence-electron chi connectivity index (χ4n) is 1.87. The van der Waals surface area contributed by atoms with Crippen molar-refractivity contribution in [1.29, 1.82) is 0 Å². The zero-order valence-electron chi connectivity index (χ0n) is 13.6. The molecule has 0 aliphatic rings. The number of esters is 1. The number of thioether (sulfide) groups is 1. The second-order valence-corrected chi connectivity index (χ2v) is 6.88. The second-order valence-electron chi connectivity index (χ2n) is 5.04. The Bertz CT molecular complexity index is 763.